The van der Waals surface area contributed by atoms with Crippen molar-refractivity contribution in [3.8, 4) is 0 Å². The van der Waals surface area contributed by atoms with Crippen LogP contribution in [-0.2, 0) is 9.53 Å². The first kappa shape index (κ1) is 12.3. The second-order valence-electron chi connectivity index (χ2n) is 5.47. The highest BCUT2D eigenvalue weighted by molar-refractivity contribution is 5.81. The smallest absolute Gasteiger partial charge is 0.330 e. The van der Waals surface area contributed by atoms with Crippen molar-refractivity contribution in [1.29, 1.82) is 0 Å². The van der Waals surface area contributed by atoms with Crippen molar-refractivity contribution < 1.29 is 9.53 Å². The number of carbonyl (C=O) groups excluding carboxylic acids is 1. The predicted molar refractivity (Wildman–Crippen MR) is 61.5 cm³/mol. The van der Waals surface area contributed by atoms with E-state index in [1.807, 2.05) is 6.92 Å². The van der Waals surface area contributed by atoms with Gasteiger partial charge in [0, 0.05) is 6.08 Å². The lowest BCUT2D eigenvalue weighted by molar-refractivity contribution is -0.147. The quantitative estimate of drug-likeness (QED) is 0.516. The Bertz CT molecular complexity index is 253. The Balaban J connectivity index is 2.52. The molecular weight excluding hydrogens is 188 g/mol. The first-order valence-corrected chi connectivity index (χ1v) is 5.76. The van der Waals surface area contributed by atoms with Crippen LogP contribution in [0.4, 0.5) is 0 Å². The van der Waals surface area contributed by atoms with E-state index in [-0.39, 0.29) is 12.1 Å². The molecule has 2 unspecified atom stereocenters. The number of hydrogen-bond donors (Lipinski definition) is 0. The molecule has 0 N–H and O–H groups in total. The summed E-state index contributed by atoms with van der Waals surface area (Å²) in [5.74, 6) is 0.449. The van der Waals surface area contributed by atoms with Gasteiger partial charge >= 0.3 is 5.97 Å². The molecule has 15 heavy (non-hydrogen) atoms. The van der Waals surface area contributed by atoms with E-state index < -0.39 is 0 Å². The second kappa shape index (κ2) is 4.82. The van der Waals surface area contributed by atoms with E-state index >= 15 is 0 Å². The highest BCUT2D eigenvalue weighted by atomic mass is 16.5. The first-order chi connectivity index (χ1) is 6.93. The SMILES string of the molecule is CC=CC(=O)OC1CC(C)CC(C)(C)C1. The number of allylic oxidation sites excluding steroid dienone is 1. The number of carbonyl (C=O) groups is 1. The summed E-state index contributed by atoms with van der Waals surface area (Å²) in [6.07, 6.45) is 6.54. The molecular formula is C13H22O2. The van der Waals surface area contributed by atoms with Crippen molar-refractivity contribution in [3.05, 3.63) is 12.2 Å². The Morgan fingerprint density at radius 2 is 2.07 bits per heavy atom. The zero-order valence-corrected chi connectivity index (χ0v) is 10.2. The minimum atomic E-state index is -0.201. The van der Waals surface area contributed by atoms with Crippen LogP contribution in [0, 0.1) is 11.3 Å². The lowest BCUT2D eigenvalue weighted by Gasteiger charge is -2.38. The molecule has 0 amide bonds. The molecule has 1 fully saturated rings. The summed E-state index contributed by atoms with van der Waals surface area (Å²) >= 11 is 0. The molecule has 1 rings (SSSR count). The second-order valence-corrected chi connectivity index (χ2v) is 5.47. The van der Waals surface area contributed by atoms with Crippen molar-refractivity contribution in [3.63, 3.8) is 0 Å². The van der Waals surface area contributed by atoms with Crippen molar-refractivity contribution in [2.75, 3.05) is 0 Å². The molecule has 2 nitrogen and oxygen atoms in total. The summed E-state index contributed by atoms with van der Waals surface area (Å²) in [6, 6.07) is 0. The maximum Gasteiger partial charge on any atom is 0.330 e. The van der Waals surface area contributed by atoms with Crippen LogP contribution in [0.25, 0.3) is 0 Å². The molecule has 0 radical (unpaired) electrons. The number of esters is 1. The van der Waals surface area contributed by atoms with Crippen molar-refractivity contribution >= 4 is 5.97 Å². The standard InChI is InChI=1S/C13H22O2/c1-5-6-12(14)15-11-7-10(2)8-13(3,4)9-11/h5-6,10-11H,7-9H2,1-4H3. The Hall–Kier alpha value is -0.790. The lowest BCUT2D eigenvalue weighted by atomic mass is 9.71. The molecule has 2 atom stereocenters. The topological polar surface area (TPSA) is 26.3 Å². The fourth-order valence-corrected chi connectivity index (χ4v) is 2.69. The fraction of sp³-hybridized carbons (Fsp3) is 0.769. The Kier molecular flexibility index (Phi) is 3.95. The molecule has 0 saturated heterocycles. The summed E-state index contributed by atoms with van der Waals surface area (Å²) in [6.45, 7) is 8.56. The number of rotatable bonds is 2. The number of ether oxygens (including phenoxy) is 1. The molecule has 0 bridgehead atoms. The Morgan fingerprint density at radius 1 is 1.40 bits per heavy atom. The Morgan fingerprint density at radius 3 is 2.60 bits per heavy atom. The van der Waals surface area contributed by atoms with Gasteiger partial charge in [-0.3, -0.25) is 0 Å². The largest absolute Gasteiger partial charge is 0.459 e. The monoisotopic (exact) mass is 210 g/mol. The van der Waals surface area contributed by atoms with Gasteiger partial charge in [-0.2, -0.15) is 0 Å². The van der Waals surface area contributed by atoms with E-state index in [0.29, 0.717) is 11.3 Å². The molecule has 1 aliphatic rings. The van der Waals surface area contributed by atoms with Gasteiger partial charge in [0.2, 0.25) is 0 Å². The van der Waals surface area contributed by atoms with E-state index in [4.69, 9.17) is 4.74 Å². The minimum absolute atomic E-state index is 0.104. The van der Waals surface area contributed by atoms with Crippen molar-refractivity contribution in [1.82, 2.24) is 0 Å². The van der Waals surface area contributed by atoms with Crippen LogP contribution in [0.1, 0.15) is 47.0 Å². The summed E-state index contributed by atoms with van der Waals surface area (Å²) in [5, 5.41) is 0. The van der Waals surface area contributed by atoms with Crippen LogP contribution in [0.3, 0.4) is 0 Å². The molecule has 2 heteroatoms. The summed E-state index contributed by atoms with van der Waals surface area (Å²) in [7, 11) is 0. The molecule has 0 heterocycles. The van der Waals surface area contributed by atoms with Gasteiger partial charge in [-0.15, -0.1) is 0 Å². The molecule has 0 spiro atoms. The van der Waals surface area contributed by atoms with Gasteiger partial charge in [0.15, 0.2) is 0 Å². The van der Waals surface area contributed by atoms with E-state index in [2.05, 4.69) is 20.8 Å². The maximum absolute atomic E-state index is 11.3. The minimum Gasteiger partial charge on any atom is -0.459 e. The van der Waals surface area contributed by atoms with Crippen molar-refractivity contribution in [2.45, 2.75) is 53.1 Å². The Labute approximate surface area is 92.7 Å². The molecule has 0 aromatic rings. The zero-order valence-electron chi connectivity index (χ0n) is 10.2. The number of hydrogen-bond acceptors (Lipinski definition) is 2. The van der Waals surface area contributed by atoms with E-state index in [1.165, 1.54) is 12.5 Å². The summed E-state index contributed by atoms with van der Waals surface area (Å²) in [4.78, 5) is 11.3. The summed E-state index contributed by atoms with van der Waals surface area (Å²) < 4.78 is 5.41. The van der Waals surface area contributed by atoms with Crippen LogP contribution in [-0.4, -0.2) is 12.1 Å². The van der Waals surface area contributed by atoms with E-state index in [9.17, 15) is 4.79 Å². The molecule has 0 aromatic carbocycles. The predicted octanol–water partition coefficient (Wildman–Crippen LogP) is 3.32. The average molecular weight is 210 g/mol. The lowest BCUT2D eigenvalue weighted by Crippen LogP contribution is -2.33. The summed E-state index contributed by atoms with van der Waals surface area (Å²) in [5.41, 5.74) is 0.304. The van der Waals surface area contributed by atoms with E-state index in [0.717, 1.165) is 12.8 Å². The molecule has 1 aliphatic carbocycles. The van der Waals surface area contributed by atoms with Crippen molar-refractivity contribution in [2.24, 2.45) is 11.3 Å². The molecule has 0 aromatic heterocycles. The van der Waals surface area contributed by atoms with E-state index in [1.54, 1.807) is 6.08 Å². The highest BCUT2D eigenvalue weighted by Crippen LogP contribution is 2.39. The van der Waals surface area contributed by atoms with Gasteiger partial charge in [0.1, 0.15) is 6.10 Å². The van der Waals surface area contributed by atoms with Gasteiger partial charge in [-0.25, -0.2) is 4.79 Å². The van der Waals surface area contributed by atoms with Gasteiger partial charge in [0.25, 0.3) is 0 Å². The van der Waals surface area contributed by atoms with Crippen LogP contribution >= 0.6 is 0 Å². The first-order valence-electron chi connectivity index (χ1n) is 5.76. The normalized spacial score (nSPS) is 30.4. The van der Waals surface area contributed by atoms with Crippen LogP contribution < -0.4 is 0 Å². The maximum atomic E-state index is 11.3. The molecule has 0 aliphatic heterocycles. The third-order valence-corrected chi connectivity index (χ3v) is 2.93. The molecule has 1 saturated carbocycles. The van der Waals surface area contributed by atoms with Gasteiger partial charge in [0.05, 0.1) is 0 Å². The third-order valence-electron chi connectivity index (χ3n) is 2.93. The fourth-order valence-electron chi connectivity index (χ4n) is 2.69. The van der Waals surface area contributed by atoms with Gasteiger partial charge < -0.3 is 4.74 Å². The van der Waals surface area contributed by atoms with Crippen LogP contribution in [0.15, 0.2) is 12.2 Å². The zero-order chi connectivity index (χ0) is 11.5. The highest BCUT2D eigenvalue weighted by Gasteiger charge is 2.33. The molecule has 86 valence electrons. The van der Waals surface area contributed by atoms with Gasteiger partial charge in [-0.05, 0) is 37.5 Å². The van der Waals surface area contributed by atoms with Crippen LogP contribution in [0.5, 0.6) is 0 Å². The van der Waals surface area contributed by atoms with Crippen LogP contribution in [0.2, 0.25) is 0 Å². The van der Waals surface area contributed by atoms with Gasteiger partial charge in [-0.1, -0.05) is 26.8 Å². The average Bonchev–Trinajstić information content (AvgIpc) is 1.99. The third kappa shape index (κ3) is 4.06.